The van der Waals surface area contributed by atoms with Crippen LogP contribution in [0.3, 0.4) is 0 Å². The van der Waals surface area contributed by atoms with Crippen LogP contribution in [0.25, 0.3) is 0 Å². The van der Waals surface area contributed by atoms with E-state index in [9.17, 15) is 9.59 Å². The summed E-state index contributed by atoms with van der Waals surface area (Å²) < 4.78 is 0. The second-order valence-corrected chi connectivity index (χ2v) is 3.18. The van der Waals surface area contributed by atoms with Gasteiger partial charge in [0.25, 0.3) is 5.91 Å². The molecule has 0 bridgehead atoms. The molecule has 2 aliphatic heterocycles. The molecule has 12 heavy (non-hydrogen) atoms. The van der Waals surface area contributed by atoms with Gasteiger partial charge < -0.3 is 0 Å². The van der Waals surface area contributed by atoms with Crippen LogP contribution in [0.5, 0.6) is 0 Å². The molecule has 2 saturated heterocycles. The van der Waals surface area contributed by atoms with Crippen LogP contribution in [0, 0.1) is 0 Å². The van der Waals surface area contributed by atoms with Crippen molar-refractivity contribution in [2.24, 2.45) is 0 Å². The average Bonchev–Trinajstić information content (AvgIpc) is 2.29. The molecule has 1 N–H and O–H groups in total. The minimum atomic E-state index is -0.285. The molecular weight excluding hydrogens is 158 g/mol. The van der Waals surface area contributed by atoms with Gasteiger partial charge in [0, 0.05) is 13.6 Å². The van der Waals surface area contributed by atoms with Crippen molar-refractivity contribution in [3.8, 4) is 0 Å². The maximum absolute atomic E-state index is 11.2. The smallest absolute Gasteiger partial charge is 0.275 e. The Bertz CT molecular complexity index is 241. The summed E-state index contributed by atoms with van der Waals surface area (Å²) in [7, 11) is 1.82. The van der Waals surface area contributed by atoms with Gasteiger partial charge in [-0.15, -0.1) is 0 Å². The minimum absolute atomic E-state index is 0.161. The maximum atomic E-state index is 11.2. The van der Waals surface area contributed by atoms with Gasteiger partial charge in [-0.1, -0.05) is 0 Å². The third-order valence-electron chi connectivity index (χ3n) is 2.36. The number of nitrogens with one attached hydrogen (secondary N) is 1. The Hall–Kier alpha value is -1.10. The first kappa shape index (κ1) is 7.54. The zero-order chi connectivity index (χ0) is 8.72. The minimum Gasteiger partial charge on any atom is -0.275 e. The second-order valence-electron chi connectivity index (χ2n) is 3.18. The lowest BCUT2D eigenvalue weighted by molar-refractivity contribution is -0.126. The molecule has 0 aromatic rings. The summed E-state index contributed by atoms with van der Waals surface area (Å²) in [6.07, 6.45) is 1.75. The molecule has 0 aliphatic carbocycles. The van der Waals surface area contributed by atoms with E-state index in [1.54, 1.807) is 5.01 Å². The van der Waals surface area contributed by atoms with Crippen LogP contribution in [0.15, 0.2) is 0 Å². The number of fused-ring (bicyclic) bond motifs is 1. The van der Waals surface area contributed by atoms with Crippen molar-refractivity contribution in [3.63, 3.8) is 0 Å². The van der Waals surface area contributed by atoms with Gasteiger partial charge in [-0.05, 0) is 12.8 Å². The predicted molar refractivity (Wildman–Crippen MR) is 41.0 cm³/mol. The monoisotopic (exact) mass is 169 g/mol. The van der Waals surface area contributed by atoms with E-state index in [4.69, 9.17) is 0 Å². The predicted octanol–water partition coefficient (Wildman–Crippen LogP) is -0.453. The molecule has 0 radical (unpaired) electrons. The van der Waals surface area contributed by atoms with Gasteiger partial charge in [-0.25, -0.2) is 14.8 Å². The van der Waals surface area contributed by atoms with Crippen LogP contribution < -0.4 is 5.32 Å². The molecule has 5 nitrogen and oxygen atoms in total. The van der Waals surface area contributed by atoms with E-state index in [1.807, 2.05) is 7.05 Å². The van der Waals surface area contributed by atoms with E-state index in [0.29, 0.717) is 0 Å². The van der Waals surface area contributed by atoms with E-state index >= 15 is 0 Å². The number of rotatable bonds is 0. The molecule has 0 saturated carbocycles. The first-order valence-corrected chi connectivity index (χ1v) is 4.05. The van der Waals surface area contributed by atoms with Gasteiger partial charge in [0.15, 0.2) is 0 Å². The SMILES string of the molecule is CN1CCCC2C(=O)NC(=O)N21. The average molecular weight is 169 g/mol. The molecule has 2 rings (SSSR count). The van der Waals surface area contributed by atoms with Crippen LogP contribution in [0.2, 0.25) is 0 Å². The van der Waals surface area contributed by atoms with Gasteiger partial charge >= 0.3 is 6.03 Å². The van der Waals surface area contributed by atoms with Crippen LogP contribution in [-0.4, -0.2) is 41.6 Å². The number of imide groups is 1. The molecule has 2 heterocycles. The summed E-state index contributed by atoms with van der Waals surface area (Å²) in [5, 5.41) is 5.60. The Kier molecular flexibility index (Phi) is 1.54. The van der Waals surface area contributed by atoms with Crippen LogP contribution in [-0.2, 0) is 4.79 Å². The topological polar surface area (TPSA) is 52.7 Å². The van der Waals surface area contributed by atoms with Crippen LogP contribution in [0.4, 0.5) is 4.79 Å². The fourth-order valence-electron chi connectivity index (χ4n) is 1.77. The number of carbonyl (C=O) groups excluding carboxylic acids is 2. The molecule has 1 atom stereocenters. The second kappa shape index (κ2) is 2.45. The normalized spacial score (nSPS) is 30.4. The Morgan fingerprint density at radius 3 is 2.92 bits per heavy atom. The van der Waals surface area contributed by atoms with Crippen molar-refractivity contribution in [1.29, 1.82) is 0 Å². The number of hydrogen-bond donors (Lipinski definition) is 1. The van der Waals surface area contributed by atoms with Crippen molar-refractivity contribution in [2.45, 2.75) is 18.9 Å². The summed E-state index contributed by atoms with van der Waals surface area (Å²) in [5.41, 5.74) is 0. The van der Waals surface area contributed by atoms with Gasteiger partial charge in [0.2, 0.25) is 0 Å². The molecular formula is C7H11N3O2. The summed E-state index contributed by atoms with van der Waals surface area (Å²) in [5.74, 6) is -0.161. The zero-order valence-corrected chi connectivity index (χ0v) is 6.91. The highest BCUT2D eigenvalue weighted by Crippen LogP contribution is 2.20. The fourth-order valence-corrected chi connectivity index (χ4v) is 1.77. The van der Waals surface area contributed by atoms with Crippen molar-refractivity contribution < 1.29 is 9.59 Å². The molecule has 66 valence electrons. The standard InChI is InChI=1S/C7H11N3O2/c1-9-4-2-3-5-6(11)8-7(12)10(5)9/h5H,2-4H2,1H3,(H,8,11,12). The maximum Gasteiger partial charge on any atom is 0.339 e. The number of amides is 3. The van der Waals surface area contributed by atoms with E-state index in [1.165, 1.54) is 5.01 Å². The van der Waals surface area contributed by atoms with Gasteiger partial charge in [-0.2, -0.15) is 0 Å². The summed E-state index contributed by atoms with van der Waals surface area (Å²) in [6.45, 7) is 0.844. The summed E-state index contributed by atoms with van der Waals surface area (Å²) >= 11 is 0. The Morgan fingerprint density at radius 1 is 1.50 bits per heavy atom. The lowest BCUT2D eigenvalue weighted by Gasteiger charge is -2.35. The Labute approximate surface area is 70.3 Å². The number of hydrogen-bond acceptors (Lipinski definition) is 3. The van der Waals surface area contributed by atoms with Crippen LogP contribution >= 0.6 is 0 Å². The van der Waals surface area contributed by atoms with E-state index in [0.717, 1.165) is 19.4 Å². The molecule has 5 heteroatoms. The number of urea groups is 1. The van der Waals surface area contributed by atoms with Crippen molar-refractivity contribution >= 4 is 11.9 Å². The van der Waals surface area contributed by atoms with Crippen molar-refractivity contribution in [2.75, 3.05) is 13.6 Å². The van der Waals surface area contributed by atoms with Gasteiger partial charge in [-0.3, -0.25) is 10.1 Å². The quantitative estimate of drug-likeness (QED) is 0.499. The van der Waals surface area contributed by atoms with E-state index in [-0.39, 0.29) is 18.0 Å². The van der Waals surface area contributed by atoms with Crippen LogP contribution in [0.1, 0.15) is 12.8 Å². The van der Waals surface area contributed by atoms with Gasteiger partial charge in [0.05, 0.1) is 0 Å². The van der Waals surface area contributed by atoms with E-state index in [2.05, 4.69) is 5.32 Å². The zero-order valence-electron chi connectivity index (χ0n) is 6.91. The molecule has 2 fully saturated rings. The highest BCUT2D eigenvalue weighted by atomic mass is 16.2. The first-order valence-electron chi connectivity index (χ1n) is 4.05. The molecule has 0 aromatic carbocycles. The summed E-state index contributed by atoms with van der Waals surface area (Å²) in [4.78, 5) is 22.3. The third kappa shape index (κ3) is 0.896. The molecule has 3 amide bonds. The van der Waals surface area contributed by atoms with Gasteiger partial charge in [0.1, 0.15) is 6.04 Å². The number of hydrazine groups is 1. The number of nitrogens with zero attached hydrogens (tertiary/aromatic N) is 2. The Balaban J connectivity index is 2.24. The highest BCUT2D eigenvalue weighted by Gasteiger charge is 2.42. The fraction of sp³-hybridized carbons (Fsp3) is 0.714. The lowest BCUT2D eigenvalue weighted by atomic mass is 10.1. The van der Waals surface area contributed by atoms with Crippen molar-refractivity contribution in [3.05, 3.63) is 0 Å². The van der Waals surface area contributed by atoms with Crippen molar-refractivity contribution in [1.82, 2.24) is 15.3 Å². The molecule has 0 spiro atoms. The third-order valence-corrected chi connectivity index (χ3v) is 2.36. The number of carbonyl (C=O) groups is 2. The molecule has 2 aliphatic rings. The molecule has 0 aromatic heterocycles. The first-order chi connectivity index (χ1) is 5.70. The summed E-state index contributed by atoms with van der Waals surface area (Å²) in [6, 6.07) is -0.538. The highest BCUT2D eigenvalue weighted by molar-refractivity contribution is 6.03. The Morgan fingerprint density at radius 2 is 2.25 bits per heavy atom. The molecule has 1 unspecified atom stereocenters. The largest absolute Gasteiger partial charge is 0.339 e. The lowest BCUT2D eigenvalue weighted by Crippen LogP contribution is -2.50. The van der Waals surface area contributed by atoms with E-state index < -0.39 is 0 Å².